The highest BCUT2D eigenvalue weighted by molar-refractivity contribution is 5.75. The number of fused-ring (bicyclic) bond motifs is 1. The average Bonchev–Trinajstić information content (AvgIpc) is 3.31. The first kappa shape index (κ1) is 21.0. The molecule has 7 nitrogen and oxygen atoms in total. The fraction of sp³-hybridized carbons (Fsp3) is 0.571. The fourth-order valence-electron chi connectivity index (χ4n) is 3.88. The zero-order valence-corrected chi connectivity index (χ0v) is 16.4. The minimum atomic E-state index is -0.877. The number of carbonyl (C=O) groups excluding carboxylic acids is 1. The lowest BCUT2D eigenvalue weighted by atomic mass is 9.94. The Morgan fingerprint density at radius 1 is 1.39 bits per heavy atom. The monoisotopic (exact) mass is 391 g/mol. The van der Waals surface area contributed by atoms with Crippen LogP contribution >= 0.6 is 0 Å². The summed E-state index contributed by atoms with van der Waals surface area (Å²) in [6, 6.07) is 8.90. The topological polar surface area (TPSA) is 77.5 Å². The van der Waals surface area contributed by atoms with E-state index in [4.69, 9.17) is 19.0 Å². The maximum Gasteiger partial charge on any atom is 0.338 e. The van der Waals surface area contributed by atoms with Crippen molar-refractivity contribution in [2.24, 2.45) is 5.92 Å². The molecule has 1 aromatic rings. The van der Waals surface area contributed by atoms with Gasteiger partial charge in [-0.05, 0) is 19.4 Å². The van der Waals surface area contributed by atoms with Crippen LogP contribution in [-0.2, 0) is 23.8 Å². The van der Waals surface area contributed by atoms with Gasteiger partial charge < -0.3 is 19.3 Å². The third kappa shape index (κ3) is 4.29. The van der Waals surface area contributed by atoms with Crippen LogP contribution in [0.15, 0.2) is 43.0 Å². The number of hydrogen-bond acceptors (Lipinski definition) is 7. The number of benzene rings is 1. The highest BCUT2D eigenvalue weighted by Crippen LogP contribution is 2.38. The van der Waals surface area contributed by atoms with Crippen LogP contribution in [0.4, 0.5) is 0 Å². The van der Waals surface area contributed by atoms with Gasteiger partial charge in [0.05, 0.1) is 44.6 Å². The van der Waals surface area contributed by atoms with Gasteiger partial charge in [-0.1, -0.05) is 36.4 Å². The molecule has 2 aliphatic rings. The molecule has 0 radical (unpaired) electrons. The molecule has 0 bridgehead atoms. The first-order valence-electron chi connectivity index (χ1n) is 9.73. The first-order valence-corrected chi connectivity index (χ1v) is 9.73. The van der Waals surface area contributed by atoms with Crippen LogP contribution in [-0.4, -0.2) is 66.9 Å². The number of esters is 1. The smallest absolute Gasteiger partial charge is 0.338 e. The van der Waals surface area contributed by atoms with E-state index in [-0.39, 0.29) is 31.2 Å². The molecule has 6 atom stereocenters. The molecule has 0 saturated carbocycles. The van der Waals surface area contributed by atoms with E-state index in [0.717, 1.165) is 5.56 Å². The van der Waals surface area contributed by atoms with Crippen LogP contribution in [0.25, 0.3) is 0 Å². The van der Waals surface area contributed by atoms with Crippen molar-refractivity contribution in [1.29, 1.82) is 0 Å². The number of aliphatic hydroxyl groups is 1. The van der Waals surface area contributed by atoms with Crippen LogP contribution in [0.5, 0.6) is 0 Å². The lowest BCUT2D eigenvalue weighted by molar-refractivity contribution is -0.210. The largest absolute Gasteiger partial charge is 0.464 e. The number of carbonyl (C=O) groups is 1. The summed E-state index contributed by atoms with van der Waals surface area (Å²) in [6.45, 7) is 8.72. The maximum atomic E-state index is 12.5. The minimum Gasteiger partial charge on any atom is -0.464 e. The molecule has 0 unspecified atom stereocenters. The molecule has 1 aromatic carbocycles. The Hall–Kier alpha value is -1.77. The molecule has 2 aliphatic heterocycles. The van der Waals surface area contributed by atoms with Gasteiger partial charge in [-0.3, -0.25) is 4.84 Å². The van der Waals surface area contributed by atoms with E-state index in [1.165, 1.54) is 0 Å². The Balaban J connectivity index is 1.79. The van der Waals surface area contributed by atoms with Crippen LogP contribution in [0.1, 0.15) is 25.5 Å². The van der Waals surface area contributed by atoms with E-state index in [9.17, 15) is 9.90 Å². The van der Waals surface area contributed by atoms with Gasteiger partial charge in [-0.25, -0.2) is 4.79 Å². The number of nitrogens with zero attached hydrogens (tertiary/aromatic N) is 1. The van der Waals surface area contributed by atoms with E-state index in [2.05, 4.69) is 6.58 Å². The van der Waals surface area contributed by atoms with E-state index in [1.54, 1.807) is 18.1 Å². The Kier molecular flexibility index (Phi) is 7.20. The predicted octanol–water partition coefficient (Wildman–Crippen LogP) is 1.87. The molecule has 0 aliphatic carbocycles. The van der Waals surface area contributed by atoms with E-state index in [1.807, 2.05) is 37.3 Å². The van der Waals surface area contributed by atoms with Crippen LogP contribution in [0.3, 0.4) is 0 Å². The molecular formula is C21H29NO6. The van der Waals surface area contributed by atoms with Crippen LogP contribution < -0.4 is 0 Å². The Bertz CT molecular complexity index is 654. The Labute approximate surface area is 165 Å². The van der Waals surface area contributed by atoms with Gasteiger partial charge in [0.15, 0.2) is 6.10 Å². The second-order valence-corrected chi connectivity index (χ2v) is 7.10. The number of hydroxylamine groups is 2. The van der Waals surface area contributed by atoms with Gasteiger partial charge >= 0.3 is 5.97 Å². The summed E-state index contributed by atoms with van der Waals surface area (Å²) in [5.41, 5.74) is 0.808. The van der Waals surface area contributed by atoms with Gasteiger partial charge in [0.2, 0.25) is 0 Å². The number of ether oxygens (including phenoxy) is 3. The van der Waals surface area contributed by atoms with E-state index < -0.39 is 24.3 Å². The van der Waals surface area contributed by atoms with Gasteiger partial charge in [-0.15, -0.1) is 6.58 Å². The Morgan fingerprint density at radius 3 is 2.82 bits per heavy atom. The lowest BCUT2D eigenvalue weighted by Crippen LogP contribution is -2.52. The summed E-state index contributed by atoms with van der Waals surface area (Å²) < 4.78 is 16.8. The zero-order valence-electron chi connectivity index (χ0n) is 16.4. The van der Waals surface area contributed by atoms with E-state index >= 15 is 0 Å². The van der Waals surface area contributed by atoms with Crippen molar-refractivity contribution in [2.75, 3.05) is 26.4 Å². The molecular weight excluding hydrogens is 362 g/mol. The lowest BCUT2D eigenvalue weighted by Gasteiger charge is -2.35. The summed E-state index contributed by atoms with van der Waals surface area (Å²) in [5.74, 6) is -0.363. The van der Waals surface area contributed by atoms with Gasteiger partial charge in [0, 0.05) is 5.92 Å². The second kappa shape index (κ2) is 9.62. The third-order valence-corrected chi connectivity index (χ3v) is 5.26. The zero-order chi connectivity index (χ0) is 20.1. The van der Waals surface area contributed by atoms with Crippen molar-refractivity contribution < 1.29 is 28.9 Å². The minimum absolute atomic E-state index is 0.0969. The normalized spacial score (nSPS) is 27.8. The molecule has 2 fully saturated rings. The highest BCUT2D eigenvalue weighted by atomic mass is 16.7. The van der Waals surface area contributed by atoms with Crippen molar-refractivity contribution in [1.82, 2.24) is 5.06 Å². The SMILES string of the molecule is C=CCO[C@@H](C(=O)OCC)[C@H]1OC[C@@H]2CON([C@H](C)[C@@H](O)c3ccccc3)[C@@H]21. The summed E-state index contributed by atoms with van der Waals surface area (Å²) in [4.78, 5) is 18.4. The van der Waals surface area contributed by atoms with Crippen molar-refractivity contribution in [2.45, 2.75) is 44.2 Å². The van der Waals surface area contributed by atoms with Crippen molar-refractivity contribution >= 4 is 5.97 Å². The molecule has 3 rings (SSSR count). The highest BCUT2D eigenvalue weighted by Gasteiger charge is 2.54. The number of rotatable bonds is 9. The molecule has 2 heterocycles. The third-order valence-electron chi connectivity index (χ3n) is 5.26. The van der Waals surface area contributed by atoms with Crippen molar-refractivity contribution in [3.05, 3.63) is 48.6 Å². The van der Waals surface area contributed by atoms with Crippen LogP contribution in [0.2, 0.25) is 0 Å². The summed E-state index contributed by atoms with van der Waals surface area (Å²) in [6.07, 6.45) is -0.574. The number of aliphatic hydroxyl groups excluding tert-OH is 1. The predicted molar refractivity (Wildman–Crippen MR) is 102 cm³/mol. The van der Waals surface area contributed by atoms with Crippen LogP contribution in [0, 0.1) is 5.92 Å². The van der Waals surface area contributed by atoms with Crippen molar-refractivity contribution in [3.63, 3.8) is 0 Å². The van der Waals surface area contributed by atoms with E-state index in [0.29, 0.717) is 13.2 Å². The maximum absolute atomic E-state index is 12.5. The average molecular weight is 391 g/mol. The molecule has 7 heteroatoms. The quantitative estimate of drug-likeness (QED) is 0.509. The summed E-state index contributed by atoms with van der Waals surface area (Å²) in [7, 11) is 0. The number of hydrogen-bond donors (Lipinski definition) is 1. The van der Waals surface area contributed by atoms with Crippen molar-refractivity contribution in [3.8, 4) is 0 Å². The molecule has 2 saturated heterocycles. The first-order chi connectivity index (χ1) is 13.6. The molecule has 28 heavy (non-hydrogen) atoms. The molecule has 0 aromatic heterocycles. The van der Waals surface area contributed by atoms with Gasteiger partial charge in [0.25, 0.3) is 0 Å². The molecule has 1 N–H and O–H groups in total. The molecule has 0 amide bonds. The molecule has 154 valence electrons. The standard InChI is InChI=1S/C21H29NO6/c1-4-11-26-20(21(24)25-5-2)19-17-16(12-27-19)13-28-22(17)14(3)18(23)15-9-7-6-8-10-15/h4,6-10,14,16-20,23H,1,5,11-13H2,2-3H3/t14-,16-,17+,18-,19+,20-/m1/s1. The Morgan fingerprint density at radius 2 is 2.14 bits per heavy atom. The van der Waals surface area contributed by atoms with Gasteiger partial charge in [-0.2, -0.15) is 5.06 Å². The van der Waals surface area contributed by atoms with Gasteiger partial charge in [0.1, 0.15) is 6.10 Å². The second-order valence-electron chi connectivity index (χ2n) is 7.10. The summed E-state index contributed by atoms with van der Waals surface area (Å²) >= 11 is 0. The fourth-order valence-corrected chi connectivity index (χ4v) is 3.88. The summed E-state index contributed by atoms with van der Waals surface area (Å²) in [5, 5.41) is 12.6. The molecule has 0 spiro atoms.